The molecule has 0 radical (unpaired) electrons. The van der Waals surface area contributed by atoms with Crippen molar-refractivity contribution < 1.29 is 24.2 Å². The molecule has 154 valence electrons. The van der Waals surface area contributed by atoms with Gasteiger partial charge in [0.1, 0.15) is 5.75 Å². The molecule has 2 heterocycles. The number of thiazole rings is 1. The number of nitrogens with zero attached hydrogens (tertiary/aromatic N) is 2. The van der Waals surface area contributed by atoms with Crippen molar-refractivity contribution in [1.29, 1.82) is 0 Å². The third-order valence-corrected chi connectivity index (χ3v) is 5.91. The van der Waals surface area contributed by atoms with E-state index < -0.39 is 17.7 Å². The first kappa shape index (κ1) is 21.0. The molecular weight excluding hydrogens is 392 g/mol. The van der Waals surface area contributed by atoms with E-state index in [4.69, 9.17) is 9.47 Å². The Hall–Kier alpha value is -2.71. The van der Waals surface area contributed by atoms with Crippen LogP contribution < -0.4 is 4.74 Å². The summed E-state index contributed by atoms with van der Waals surface area (Å²) in [6, 6.07) is 6.46. The third kappa shape index (κ3) is 3.90. The van der Waals surface area contributed by atoms with Crippen molar-refractivity contribution in [1.82, 2.24) is 9.88 Å². The van der Waals surface area contributed by atoms with Gasteiger partial charge in [0, 0.05) is 25.8 Å². The largest absolute Gasteiger partial charge is 0.503 e. The number of rotatable bonds is 8. The number of amides is 1. The number of hydrogen-bond acceptors (Lipinski definition) is 7. The molecule has 7 nitrogen and oxygen atoms in total. The Bertz CT molecular complexity index is 966. The molecule has 0 bridgehead atoms. The van der Waals surface area contributed by atoms with E-state index in [1.165, 1.54) is 23.3 Å². The second kappa shape index (κ2) is 8.75. The number of aryl methyl sites for hydroxylation is 2. The molecule has 1 aromatic carbocycles. The van der Waals surface area contributed by atoms with Crippen LogP contribution in [0.4, 0.5) is 0 Å². The summed E-state index contributed by atoms with van der Waals surface area (Å²) in [5, 5.41) is 11.4. The summed E-state index contributed by atoms with van der Waals surface area (Å²) in [6.07, 6.45) is 0.571. The summed E-state index contributed by atoms with van der Waals surface area (Å²) in [6.45, 7) is 4.35. The SMILES string of the molecule is COCCCN1C(=O)C(O)=C(C(=O)c2sc(C)nc2C)C1c1ccccc1OC. The van der Waals surface area contributed by atoms with E-state index in [1.807, 2.05) is 19.1 Å². The maximum atomic E-state index is 13.4. The van der Waals surface area contributed by atoms with Gasteiger partial charge >= 0.3 is 0 Å². The molecule has 1 atom stereocenters. The summed E-state index contributed by atoms with van der Waals surface area (Å²) in [5.74, 6) is -0.934. The predicted molar refractivity (Wildman–Crippen MR) is 110 cm³/mol. The number of carbonyl (C=O) groups excluding carboxylic acids is 2. The number of aliphatic hydroxyl groups is 1. The molecular formula is C21H24N2O5S. The Morgan fingerprint density at radius 1 is 1.28 bits per heavy atom. The van der Waals surface area contributed by atoms with E-state index in [1.54, 1.807) is 26.2 Å². The molecule has 1 aromatic heterocycles. The second-order valence-corrected chi connectivity index (χ2v) is 7.93. The van der Waals surface area contributed by atoms with Gasteiger partial charge in [0.05, 0.1) is 34.3 Å². The fourth-order valence-corrected chi connectivity index (χ4v) is 4.45. The van der Waals surface area contributed by atoms with Crippen LogP contribution >= 0.6 is 11.3 Å². The van der Waals surface area contributed by atoms with Gasteiger partial charge in [-0.15, -0.1) is 11.3 Å². The van der Waals surface area contributed by atoms with Crippen molar-refractivity contribution >= 4 is 23.0 Å². The smallest absolute Gasteiger partial charge is 0.290 e. The summed E-state index contributed by atoms with van der Waals surface area (Å²) in [5.41, 5.74) is 1.29. The zero-order valence-corrected chi connectivity index (χ0v) is 17.7. The number of aliphatic hydroxyl groups excluding tert-OH is 1. The van der Waals surface area contributed by atoms with Crippen LogP contribution in [-0.4, -0.2) is 54.1 Å². The third-order valence-electron chi connectivity index (χ3n) is 4.84. The van der Waals surface area contributed by atoms with Crippen molar-refractivity contribution in [2.75, 3.05) is 27.4 Å². The summed E-state index contributed by atoms with van der Waals surface area (Å²) >= 11 is 1.26. The monoisotopic (exact) mass is 416 g/mol. The molecule has 1 amide bonds. The highest BCUT2D eigenvalue weighted by Gasteiger charge is 2.45. The van der Waals surface area contributed by atoms with Crippen LogP contribution in [0.3, 0.4) is 0 Å². The van der Waals surface area contributed by atoms with Gasteiger partial charge in [-0.2, -0.15) is 0 Å². The zero-order chi connectivity index (χ0) is 21.1. The van der Waals surface area contributed by atoms with Crippen LogP contribution in [0.25, 0.3) is 0 Å². The van der Waals surface area contributed by atoms with Gasteiger partial charge in [-0.05, 0) is 26.3 Å². The first-order chi connectivity index (χ1) is 13.9. The van der Waals surface area contributed by atoms with Gasteiger partial charge < -0.3 is 19.5 Å². The van der Waals surface area contributed by atoms with Crippen LogP contribution in [0.2, 0.25) is 0 Å². The molecule has 0 saturated heterocycles. The molecule has 0 aliphatic carbocycles. The molecule has 1 N–H and O–H groups in total. The number of para-hydroxylation sites is 1. The number of hydrogen-bond donors (Lipinski definition) is 1. The number of aromatic nitrogens is 1. The van der Waals surface area contributed by atoms with Crippen molar-refractivity contribution in [3.05, 3.63) is 56.7 Å². The van der Waals surface area contributed by atoms with E-state index >= 15 is 0 Å². The van der Waals surface area contributed by atoms with Crippen LogP contribution in [-0.2, 0) is 9.53 Å². The minimum absolute atomic E-state index is 0.0590. The molecule has 0 fully saturated rings. The predicted octanol–water partition coefficient (Wildman–Crippen LogP) is 3.38. The average Bonchev–Trinajstić information content (AvgIpc) is 3.18. The standard InChI is InChI=1S/C21H24N2O5S/c1-12-20(29-13(2)22-12)18(24)16-17(14-8-5-6-9-15(14)28-4)23(10-7-11-27-3)21(26)19(16)25/h5-6,8-9,17,25H,7,10-11H2,1-4H3. The van der Waals surface area contributed by atoms with Crippen molar-refractivity contribution in [2.24, 2.45) is 0 Å². The average molecular weight is 416 g/mol. The first-order valence-electron chi connectivity index (χ1n) is 9.25. The van der Waals surface area contributed by atoms with Crippen LogP contribution in [0.15, 0.2) is 35.6 Å². The number of ketones is 1. The quantitative estimate of drug-likeness (QED) is 0.524. The summed E-state index contributed by atoms with van der Waals surface area (Å²) < 4.78 is 10.6. The molecule has 1 aliphatic rings. The second-order valence-electron chi connectivity index (χ2n) is 6.73. The van der Waals surface area contributed by atoms with Crippen LogP contribution in [0.5, 0.6) is 5.75 Å². The van der Waals surface area contributed by atoms with Gasteiger partial charge in [0.2, 0.25) is 5.78 Å². The van der Waals surface area contributed by atoms with Gasteiger partial charge in [-0.1, -0.05) is 18.2 Å². The maximum Gasteiger partial charge on any atom is 0.290 e. The normalized spacial score (nSPS) is 16.6. The molecule has 0 spiro atoms. The number of carbonyl (C=O) groups is 2. The molecule has 29 heavy (non-hydrogen) atoms. The molecule has 0 saturated carbocycles. The van der Waals surface area contributed by atoms with Crippen molar-refractivity contribution in [3.63, 3.8) is 0 Å². The lowest BCUT2D eigenvalue weighted by molar-refractivity contribution is -0.129. The van der Waals surface area contributed by atoms with Gasteiger partial charge in [0.15, 0.2) is 5.76 Å². The lowest BCUT2D eigenvalue weighted by atomic mass is 9.94. The first-order valence-corrected chi connectivity index (χ1v) is 10.1. The summed E-state index contributed by atoms with van der Waals surface area (Å²) in [4.78, 5) is 32.5. The summed E-state index contributed by atoms with van der Waals surface area (Å²) in [7, 11) is 3.12. The lowest BCUT2D eigenvalue weighted by Crippen LogP contribution is -2.32. The van der Waals surface area contributed by atoms with E-state index in [0.29, 0.717) is 41.5 Å². The van der Waals surface area contributed by atoms with E-state index in [2.05, 4.69) is 4.98 Å². The fourth-order valence-electron chi connectivity index (χ4n) is 3.58. The number of methoxy groups -OCH3 is 2. The molecule has 2 aromatic rings. The Balaban J connectivity index is 2.11. The van der Waals surface area contributed by atoms with E-state index in [0.717, 1.165) is 5.01 Å². The molecule has 1 aliphatic heterocycles. The highest BCUT2D eigenvalue weighted by molar-refractivity contribution is 7.14. The molecule has 1 unspecified atom stereocenters. The number of Topliss-reactive ketones (excluding diaryl/α,β-unsaturated/α-hetero) is 1. The molecule has 3 rings (SSSR count). The molecule has 8 heteroatoms. The minimum atomic E-state index is -0.746. The topological polar surface area (TPSA) is 89.0 Å². The van der Waals surface area contributed by atoms with Crippen molar-refractivity contribution in [2.45, 2.75) is 26.3 Å². The minimum Gasteiger partial charge on any atom is -0.503 e. The maximum absolute atomic E-state index is 13.4. The fraction of sp³-hybridized carbons (Fsp3) is 0.381. The number of ether oxygens (including phenoxy) is 2. The van der Waals surface area contributed by atoms with Gasteiger partial charge in [0.25, 0.3) is 5.91 Å². The highest BCUT2D eigenvalue weighted by atomic mass is 32.1. The Morgan fingerprint density at radius 2 is 2.00 bits per heavy atom. The van der Waals surface area contributed by atoms with Crippen LogP contribution in [0.1, 0.15) is 38.4 Å². The Labute approximate surface area is 173 Å². The highest BCUT2D eigenvalue weighted by Crippen LogP contribution is 2.43. The van der Waals surface area contributed by atoms with Gasteiger partial charge in [-0.3, -0.25) is 9.59 Å². The Morgan fingerprint density at radius 3 is 2.62 bits per heavy atom. The van der Waals surface area contributed by atoms with Crippen molar-refractivity contribution in [3.8, 4) is 5.75 Å². The van der Waals surface area contributed by atoms with Gasteiger partial charge in [-0.25, -0.2) is 4.98 Å². The van der Waals surface area contributed by atoms with Crippen LogP contribution in [0, 0.1) is 13.8 Å². The number of benzene rings is 1. The lowest BCUT2D eigenvalue weighted by Gasteiger charge is -2.27. The zero-order valence-electron chi connectivity index (χ0n) is 16.9. The van der Waals surface area contributed by atoms with E-state index in [-0.39, 0.29) is 11.4 Å². The van der Waals surface area contributed by atoms with E-state index in [9.17, 15) is 14.7 Å². The Kier molecular flexibility index (Phi) is 6.34.